The molecule has 0 radical (unpaired) electrons. The average molecular weight is 278 g/mol. The molecule has 0 heterocycles. The fraction of sp³-hybridized carbons (Fsp3) is 0.600. The molecule has 1 fully saturated rings. The third-order valence-corrected chi connectivity index (χ3v) is 3.70. The third-order valence-electron chi connectivity index (χ3n) is 3.70. The Balaban J connectivity index is 2.17. The van der Waals surface area contributed by atoms with Gasteiger partial charge >= 0.3 is 5.69 Å². The zero-order valence-electron chi connectivity index (χ0n) is 11.9. The van der Waals surface area contributed by atoms with Crippen LogP contribution in [0.1, 0.15) is 44.1 Å². The van der Waals surface area contributed by atoms with Crippen molar-refractivity contribution >= 4 is 5.69 Å². The molecule has 20 heavy (non-hydrogen) atoms. The van der Waals surface area contributed by atoms with Crippen molar-refractivity contribution in [1.29, 1.82) is 0 Å². The molecule has 1 aliphatic carbocycles. The second kappa shape index (κ2) is 7.24. The first-order chi connectivity index (χ1) is 9.70. The summed E-state index contributed by atoms with van der Waals surface area (Å²) in [5.41, 5.74) is 1.07. The van der Waals surface area contributed by atoms with Crippen LogP contribution >= 0.6 is 0 Å². The summed E-state index contributed by atoms with van der Waals surface area (Å²) in [6.45, 7) is 0.680. The highest BCUT2D eigenvalue weighted by atomic mass is 16.6. The largest absolute Gasteiger partial charge is 0.483 e. The summed E-state index contributed by atoms with van der Waals surface area (Å²) in [5, 5.41) is 14.2. The summed E-state index contributed by atoms with van der Waals surface area (Å²) in [6.07, 6.45) is 6.87. The van der Waals surface area contributed by atoms with Gasteiger partial charge < -0.3 is 10.1 Å². The van der Waals surface area contributed by atoms with E-state index in [1.54, 1.807) is 18.2 Å². The van der Waals surface area contributed by atoms with Gasteiger partial charge in [0.2, 0.25) is 0 Å². The summed E-state index contributed by atoms with van der Waals surface area (Å²) in [6, 6.07) is 5.10. The second-order valence-corrected chi connectivity index (χ2v) is 5.32. The summed E-state index contributed by atoms with van der Waals surface area (Å²) < 4.78 is 5.95. The van der Waals surface area contributed by atoms with Gasteiger partial charge in [0.1, 0.15) is 0 Å². The number of benzene rings is 1. The van der Waals surface area contributed by atoms with Crippen molar-refractivity contribution in [3.8, 4) is 5.75 Å². The maximum atomic E-state index is 11.1. The van der Waals surface area contributed by atoms with Crippen molar-refractivity contribution in [2.24, 2.45) is 0 Å². The van der Waals surface area contributed by atoms with Gasteiger partial charge in [-0.3, -0.25) is 10.1 Å². The zero-order valence-corrected chi connectivity index (χ0v) is 11.9. The first-order valence-corrected chi connectivity index (χ1v) is 7.29. The lowest BCUT2D eigenvalue weighted by Crippen LogP contribution is -2.16. The average Bonchev–Trinajstić information content (AvgIpc) is 2.68. The van der Waals surface area contributed by atoms with Gasteiger partial charge in [0.25, 0.3) is 0 Å². The minimum absolute atomic E-state index is 0.0640. The molecule has 2 rings (SSSR count). The van der Waals surface area contributed by atoms with Crippen LogP contribution < -0.4 is 10.1 Å². The van der Waals surface area contributed by atoms with Gasteiger partial charge in [-0.1, -0.05) is 18.9 Å². The van der Waals surface area contributed by atoms with Crippen LogP contribution in [0.25, 0.3) is 0 Å². The molecule has 0 atom stereocenters. The number of rotatable bonds is 5. The highest BCUT2D eigenvalue weighted by Crippen LogP contribution is 2.31. The van der Waals surface area contributed by atoms with Crippen molar-refractivity contribution < 1.29 is 9.66 Å². The lowest BCUT2D eigenvalue weighted by molar-refractivity contribution is -0.386. The van der Waals surface area contributed by atoms with E-state index in [0.717, 1.165) is 31.2 Å². The van der Waals surface area contributed by atoms with E-state index >= 15 is 0 Å². The van der Waals surface area contributed by atoms with E-state index in [0.29, 0.717) is 12.3 Å². The van der Waals surface area contributed by atoms with E-state index in [-0.39, 0.29) is 16.7 Å². The Hall–Kier alpha value is -1.62. The van der Waals surface area contributed by atoms with Crippen LogP contribution in [0.2, 0.25) is 0 Å². The van der Waals surface area contributed by atoms with E-state index in [9.17, 15) is 10.1 Å². The minimum Gasteiger partial charge on any atom is -0.483 e. The lowest BCUT2D eigenvalue weighted by atomic mass is 10.1. The zero-order chi connectivity index (χ0) is 14.4. The Morgan fingerprint density at radius 3 is 2.60 bits per heavy atom. The monoisotopic (exact) mass is 278 g/mol. The number of ether oxygens (including phenoxy) is 1. The van der Waals surface area contributed by atoms with Crippen LogP contribution in [0.4, 0.5) is 5.69 Å². The second-order valence-electron chi connectivity index (χ2n) is 5.32. The molecule has 0 unspecified atom stereocenters. The molecule has 5 nitrogen and oxygen atoms in total. The fourth-order valence-corrected chi connectivity index (χ4v) is 2.66. The van der Waals surface area contributed by atoms with E-state index in [4.69, 9.17) is 4.74 Å². The summed E-state index contributed by atoms with van der Waals surface area (Å²) in [7, 11) is 1.85. The van der Waals surface area contributed by atoms with Crippen molar-refractivity contribution in [2.45, 2.75) is 51.2 Å². The van der Waals surface area contributed by atoms with Crippen molar-refractivity contribution in [1.82, 2.24) is 5.32 Å². The molecule has 5 heteroatoms. The Morgan fingerprint density at radius 2 is 2.00 bits per heavy atom. The van der Waals surface area contributed by atoms with Crippen LogP contribution in [0.5, 0.6) is 5.75 Å². The molecule has 0 aliphatic heterocycles. The maximum absolute atomic E-state index is 11.1. The van der Waals surface area contributed by atoms with Gasteiger partial charge in [0, 0.05) is 12.6 Å². The van der Waals surface area contributed by atoms with Crippen LogP contribution in [0.3, 0.4) is 0 Å². The van der Waals surface area contributed by atoms with Crippen LogP contribution in [0.15, 0.2) is 18.2 Å². The van der Waals surface area contributed by atoms with Gasteiger partial charge in [0.15, 0.2) is 5.75 Å². The van der Waals surface area contributed by atoms with Gasteiger partial charge in [-0.05, 0) is 44.4 Å². The molecule has 1 aromatic carbocycles. The first-order valence-electron chi connectivity index (χ1n) is 7.29. The molecule has 110 valence electrons. The first kappa shape index (κ1) is 14.8. The molecule has 0 amide bonds. The Labute approximate surface area is 119 Å². The molecule has 1 aliphatic rings. The SMILES string of the molecule is CNCc1ccc([N+](=O)[O-])c(OC2CCCCCC2)c1. The van der Waals surface area contributed by atoms with Gasteiger partial charge in [0.05, 0.1) is 11.0 Å². The Kier molecular flexibility index (Phi) is 5.35. The van der Waals surface area contributed by atoms with Crippen LogP contribution in [0, 0.1) is 10.1 Å². The predicted octanol–water partition coefficient (Wildman–Crippen LogP) is 3.42. The molecule has 1 N–H and O–H groups in total. The third kappa shape index (κ3) is 3.93. The number of hydrogen-bond acceptors (Lipinski definition) is 4. The number of nitrogens with one attached hydrogen (secondary N) is 1. The minimum atomic E-state index is -0.366. The molecule has 1 aromatic rings. The molecule has 0 spiro atoms. The van der Waals surface area contributed by atoms with Gasteiger partial charge in [-0.25, -0.2) is 0 Å². The van der Waals surface area contributed by atoms with Crippen LogP contribution in [-0.2, 0) is 6.54 Å². The molecular weight excluding hydrogens is 256 g/mol. The molecule has 0 aromatic heterocycles. The highest BCUT2D eigenvalue weighted by Gasteiger charge is 2.20. The predicted molar refractivity (Wildman–Crippen MR) is 78.0 cm³/mol. The number of nitro benzene ring substituents is 1. The van der Waals surface area contributed by atoms with Crippen molar-refractivity contribution in [3.63, 3.8) is 0 Å². The number of hydrogen-bond donors (Lipinski definition) is 1. The summed E-state index contributed by atoms with van der Waals surface area (Å²) >= 11 is 0. The van der Waals surface area contributed by atoms with E-state index in [1.165, 1.54) is 12.8 Å². The van der Waals surface area contributed by atoms with E-state index in [1.807, 2.05) is 7.05 Å². The normalized spacial score (nSPS) is 16.6. The highest BCUT2D eigenvalue weighted by molar-refractivity contribution is 5.48. The number of nitrogens with zero attached hydrogens (tertiary/aromatic N) is 1. The molecule has 0 saturated heterocycles. The van der Waals surface area contributed by atoms with E-state index in [2.05, 4.69) is 5.32 Å². The maximum Gasteiger partial charge on any atom is 0.310 e. The molecule has 1 saturated carbocycles. The van der Waals surface area contributed by atoms with Crippen LogP contribution in [-0.4, -0.2) is 18.1 Å². The molecule has 0 bridgehead atoms. The quantitative estimate of drug-likeness (QED) is 0.509. The Bertz CT molecular complexity index is 454. The van der Waals surface area contributed by atoms with Gasteiger partial charge in [-0.15, -0.1) is 0 Å². The Morgan fingerprint density at radius 1 is 1.30 bits per heavy atom. The van der Waals surface area contributed by atoms with Gasteiger partial charge in [-0.2, -0.15) is 0 Å². The molecular formula is C15H22N2O3. The van der Waals surface area contributed by atoms with Crippen molar-refractivity contribution in [3.05, 3.63) is 33.9 Å². The summed E-state index contributed by atoms with van der Waals surface area (Å²) in [4.78, 5) is 10.7. The smallest absolute Gasteiger partial charge is 0.310 e. The topological polar surface area (TPSA) is 64.4 Å². The fourth-order valence-electron chi connectivity index (χ4n) is 2.66. The standard InChI is InChI=1S/C15H22N2O3/c1-16-11-12-8-9-14(17(18)19)15(10-12)20-13-6-4-2-3-5-7-13/h8-10,13,16H,2-7,11H2,1H3. The lowest BCUT2D eigenvalue weighted by Gasteiger charge is -2.17. The number of nitro groups is 1. The summed E-state index contributed by atoms with van der Waals surface area (Å²) in [5.74, 6) is 0.412. The van der Waals surface area contributed by atoms with E-state index < -0.39 is 0 Å². The van der Waals surface area contributed by atoms with Crippen molar-refractivity contribution in [2.75, 3.05) is 7.05 Å².